The van der Waals surface area contributed by atoms with Crippen molar-refractivity contribution in [3.8, 4) is 22.8 Å². The van der Waals surface area contributed by atoms with Crippen LogP contribution in [0.25, 0.3) is 22.8 Å². The molecular weight excluding hydrogens is 552 g/mol. The number of benzene rings is 3. The highest BCUT2D eigenvalue weighted by Crippen LogP contribution is 2.43. The lowest BCUT2D eigenvalue weighted by Gasteiger charge is -2.31. The number of oxazole rings is 1. The molecule has 2 aromatic heterocycles. The van der Waals surface area contributed by atoms with Crippen molar-refractivity contribution >= 4 is 29.2 Å². The van der Waals surface area contributed by atoms with Crippen LogP contribution in [0.1, 0.15) is 36.4 Å². The molecular formula is C31H24N6O4S. The Balaban J connectivity index is 1.12. The molecule has 1 N–H and O–H groups in total. The molecule has 3 aromatic carbocycles. The highest BCUT2D eigenvalue weighted by Gasteiger charge is 2.39. The molecule has 3 heterocycles. The van der Waals surface area contributed by atoms with E-state index in [2.05, 4.69) is 10.3 Å². The number of carbonyl (C=O) groups is 1. The van der Waals surface area contributed by atoms with Crippen LogP contribution in [0.15, 0.2) is 106 Å². The number of ketones is 1. The quantitative estimate of drug-likeness (QED) is 0.126. The van der Waals surface area contributed by atoms with E-state index in [-0.39, 0.29) is 11.5 Å². The van der Waals surface area contributed by atoms with Gasteiger partial charge in [0.15, 0.2) is 11.5 Å². The van der Waals surface area contributed by atoms with E-state index in [1.54, 1.807) is 29.1 Å². The minimum Gasteiger partial charge on any atom is -0.436 e. The van der Waals surface area contributed by atoms with Gasteiger partial charge in [-0.05, 0) is 36.6 Å². The normalized spacial score (nSPS) is 16.1. The van der Waals surface area contributed by atoms with Gasteiger partial charge in [-0.3, -0.25) is 14.9 Å². The Kier molecular flexibility index (Phi) is 6.63. The molecule has 1 atom stereocenters. The topological polar surface area (TPSA) is 129 Å². The number of nitrogens with zero attached hydrogens (tertiary/aromatic N) is 5. The fourth-order valence-electron chi connectivity index (χ4n) is 5.41. The number of nitro benzene ring substituents is 1. The molecule has 0 spiro atoms. The molecule has 42 heavy (non-hydrogen) atoms. The number of thioether (sulfide) groups is 1. The number of nitrogens with one attached hydrogen (secondary N) is 1. The zero-order chi connectivity index (χ0) is 28.6. The molecule has 7 rings (SSSR count). The SMILES string of the molecule is O=C1CCCC2=C1C(c1ccccc1[N+](=O)[O-])n1nc(SCc3ccc(-c4ncc(-c5ccccc5)o4)cc3)nc1N2. The van der Waals surface area contributed by atoms with Crippen LogP contribution < -0.4 is 5.32 Å². The molecule has 2 aliphatic rings. The van der Waals surface area contributed by atoms with Crippen LogP contribution >= 0.6 is 11.8 Å². The molecule has 0 saturated carbocycles. The van der Waals surface area contributed by atoms with Gasteiger partial charge < -0.3 is 9.73 Å². The molecule has 5 aromatic rings. The van der Waals surface area contributed by atoms with E-state index in [9.17, 15) is 14.9 Å². The molecule has 0 bridgehead atoms. The summed E-state index contributed by atoms with van der Waals surface area (Å²) in [4.78, 5) is 33.7. The molecule has 0 radical (unpaired) electrons. The Labute approximate surface area is 244 Å². The van der Waals surface area contributed by atoms with Gasteiger partial charge in [-0.15, -0.1) is 5.10 Å². The fraction of sp³-hybridized carbons (Fsp3) is 0.161. The van der Waals surface area contributed by atoms with Crippen molar-refractivity contribution in [1.29, 1.82) is 0 Å². The van der Waals surface area contributed by atoms with Gasteiger partial charge in [0, 0.05) is 40.6 Å². The van der Waals surface area contributed by atoms with Gasteiger partial charge in [-0.2, -0.15) is 4.98 Å². The molecule has 10 nitrogen and oxygen atoms in total. The largest absolute Gasteiger partial charge is 0.436 e. The number of fused-ring (bicyclic) bond motifs is 1. The van der Waals surface area contributed by atoms with E-state index in [4.69, 9.17) is 14.5 Å². The number of allylic oxidation sites excluding steroid dienone is 2. The fourth-order valence-corrected chi connectivity index (χ4v) is 6.19. The average molecular weight is 577 g/mol. The molecule has 0 fully saturated rings. The number of aromatic nitrogens is 4. The second kappa shape index (κ2) is 10.7. The monoisotopic (exact) mass is 576 g/mol. The summed E-state index contributed by atoms with van der Waals surface area (Å²) in [6.07, 6.45) is 3.53. The van der Waals surface area contributed by atoms with E-state index in [1.165, 1.54) is 17.8 Å². The Morgan fingerprint density at radius 3 is 2.60 bits per heavy atom. The van der Waals surface area contributed by atoms with Gasteiger partial charge in [-0.1, -0.05) is 66.4 Å². The molecule has 1 unspecified atom stereocenters. The molecule has 0 saturated heterocycles. The standard InChI is InChI=1S/C31H24N6O4S/c38-25-12-6-10-23-27(25)28(22-9-4-5-11-24(22)37(39)40)36-30(33-23)34-31(35-36)42-18-19-13-15-21(16-14-19)29-32-17-26(41-29)20-7-2-1-3-8-20/h1-5,7-9,11,13-17,28H,6,10,12,18H2,(H,33,34,35). The van der Waals surface area contributed by atoms with Gasteiger partial charge in [0.1, 0.15) is 6.04 Å². The lowest BCUT2D eigenvalue weighted by molar-refractivity contribution is -0.385. The molecule has 0 amide bonds. The summed E-state index contributed by atoms with van der Waals surface area (Å²) in [6.45, 7) is 0. The number of hydrogen-bond donors (Lipinski definition) is 1. The van der Waals surface area contributed by atoms with Crippen LogP contribution in [0.4, 0.5) is 11.6 Å². The van der Waals surface area contributed by atoms with Crippen LogP contribution in [0, 0.1) is 10.1 Å². The van der Waals surface area contributed by atoms with Crippen molar-refractivity contribution in [2.24, 2.45) is 0 Å². The second-order valence-corrected chi connectivity index (χ2v) is 11.0. The summed E-state index contributed by atoms with van der Waals surface area (Å²) in [6, 6.07) is 23.6. The Hall–Kier alpha value is -5.03. The van der Waals surface area contributed by atoms with E-state index >= 15 is 0 Å². The predicted octanol–water partition coefficient (Wildman–Crippen LogP) is 6.82. The van der Waals surface area contributed by atoms with Gasteiger partial charge in [-0.25, -0.2) is 9.67 Å². The van der Waals surface area contributed by atoms with Gasteiger partial charge >= 0.3 is 0 Å². The first-order valence-electron chi connectivity index (χ1n) is 13.5. The summed E-state index contributed by atoms with van der Waals surface area (Å²) >= 11 is 1.45. The minimum atomic E-state index is -0.714. The first-order valence-corrected chi connectivity index (χ1v) is 14.5. The van der Waals surface area contributed by atoms with E-state index in [1.807, 2.05) is 54.6 Å². The average Bonchev–Trinajstić information content (AvgIpc) is 3.67. The minimum absolute atomic E-state index is 0.0238. The number of hydrogen-bond acceptors (Lipinski definition) is 9. The number of carbonyl (C=O) groups excluding carboxylic acids is 1. The Morgan fingerprint density at radius 1 is 1.00 bits per heavy atom. The number of para-hydroxylation sites is 1. The van der Waals surface area contributed by atoms with Crippen molar-refractivity contribution in [2.75, 3.05) is 5.32 Å². The highest BCUT2D eigenvalue weighted by molar-refractivity contribution is 7.98. The zero-order valence-corrected chi connectivity index (χ0v) is 23.1. The summed E-state index contributed by atoms with van der Waals surface area (Å²) in [5, 5.41) is 20.4. The van der Waals surface area contributed by atoms with Crippen LogP contribution in [-0.4, -0.2) is 30.5 Å². The van der Waals surface area contributed by atoms with Gasteiger partial charge in [0.2, 0.25) is 17.0 Å². The van der Waals surface area contributed by atoms with Crippen molar-refractivity contribution in [1.82, 2.24) is 19.7 Å². The first-order chi connectivity index (χ1) is 20.5. The highest BCUT2D eigenvalue weighted by atomic mass is 32.2. The van der Waals surface area contributed by atoms with E-state index in [0.717, 1.165) is 28.8 Å². The van der Waals surface area contributed by atoms with Crippen molar-refractivity contribution in [3.63, 3.8) is 0 Å². The van der Waals surface area contributed by atoms with Crippen LogP contribution in [0.3, 0.4) is 0 Å². The lowest BCUT2D eigenvalue weighted by Crippen LogP contribution is -2.31. The molecule has 11 heteroatoms. The zero-order valence-electron chi connectivity index (χ0n) is 22.3. The number of anilines is 1. The maximum Gasteiger partial charge on any atom is 0.275 e. The van der Waals surface area contributed by atoms with Gasteiger partial charge in [0.05, 0.1) is 16.7 Å². The summed E-state index contributed by atoms with van der Waals surface area (Å²) < 4.78 is 7.59. The number of rotatable bonds is 7. The van der Waals surface area contributed by atoms with E-state index < -0.39 is 11.0 Å². The third-order valence-electron chi connectivity index (χ3n) is 7.41. The Bertz CT molecular complexity index is 1840. The molecule has 208 valence electrons. The van der Waals surface area contributed by atoms with Crippen molar-refractivity contribution in [2.45, 2.75) is 36.2 Å². The maximum atomic E-state index is 13.1. The lowest BCUT2D eigenvalue weighted by atomic mass is 9.85. The third kappa shape index (κ3) is 4.77. The van der Waals surface area contributed by atoms with Crippen LogP contribution in [0.5, 0.6) is 0 Å². The van der Waals surface area contributed by atoms with Crippen molar-refractivity contribution < 1.29 is 14.1 Å². The summed E-state index contributed by atoms with van der Waals surface area (Å²) in [5.41, 5.74) is 4.57. The maximum absolute atomic E-state index is 13.1. The van der Waals surface area contributed by atoms with Crippen LogP contribution in [-0.2, 0) is 10.5 Å². The summed E-state index contributed by atoms with van der Waals surface area (Å²) in [7, 11) is 0. The molecule has 1 aliphatic carbocycles. The Morgan fingerprint density at radius 2 is 1.79 bits per heavy atom. The smallest absolute Gasteiger partial charge is 0.275 e. The van der Waals surface area contributed by atoms with E-state index in [0.29, 0.717) is 52.5 Å². The molecule has 1 aliphatic heterocycles. The van der Waals surface area contributed by atoms with Gasteiger partial charge in [0.25, 0.3) is 5.69 Å². The first kappa shape index (κ1) is 25.9. The van der Waals surface area contributed by atoms with Crippen molar-refractivity contribution in [3.05, 3.63) is 118 Å². The number of Topliss-reactive ketones (excluding diaryl/α,β-unsaturated/α-hetero) is 1. The summed E-state index contributed by atoms with van der Waals surface area (Å²) in [5.74, 6) is 2.32. The second-order valence-electron chi connectivity index (χ2n) is 10.1. The van der Waals surface area contributed by atoms with Crippen LogP contribution in [0.2, 0.25) is 0 Å². The number of nitro groups is 1. The third-order valence-corrected chi connectivity index (χ3v) is 8.32. The predicted molar refractivity (Wildman–Crippen MR) is 158 cm³/mol.